The van der Waals surface area contributed by atoms with Crippen LogP contribution in [0, 0.1) is 12.8 Å². The summed E-state index contributed by atoms with van der Waals surface area (Å²) >= 11 is 0. The summed E-state index contributed by atoms with van der Waals surface area (Å²) in [5.74, 6) is 0.766. The number of carbonyl (C=O) groups excluding carboxylic acids is 1. The zero-order valence-electron chi connectivity index (χ0n) is 15.5. The number of nitrogens with one attached hydrogen (secondary N) is 3. The number of hydrogen-bond donors (Lipinski definition) is 3. The lowest BCUT2D eigenvalue weighted by Gasteiger charge is -2.31. The van der Waals surface area contributed by atoms with Crippen molar-refractivity contribution in [1.29, 1.82) is 0 Å². The maximum absolute atomic E-state index is 12.2. The molecule has 134 valence electrons. The van der Waals surface area contributed by atoms with Gasteiger partial charge in [-0.25, -0.2) is 0 Å². The first-order chi connectivity index (χ1) is 11.4. The van der Waals surface area contributed by atoms with Gasteiger partial charge in [0.05, 0.1) is 20.2 Å². The van der Waals surface area contributed by atoms with E-state index < -0.39 is 0 Å². The second kappa shape index (κ2) is 9.16. The Balaban J connectivity index is 1.74. The minimum Gasteiger partial charge on any atom is -0.361 e. The Bertz CT molecular complexity index is 516. The van der Waals surface area contributed by atoms with Gasteiger partial charge in [-0.15, -0.1) is 0 Å². The average Bonchev–Trinajstić information content (AvgIpc) is 2.49. The zero-order chi connectivity index (χ0) is 17.5. The van der Waals surface area contributed by atoms with Crippen molar-refractivity contribution in [2.45, 2.75) is 26.9 Å². The van der Waals surface area contributed by atoms with E-state index in [2.05, 4.69) is 26.2 Å². The third kappa shape index (κ3) is 6.59. The minimum atomic E-state index is 0.0542. The number of morpholine rings is 1. The van der Waals surface area contributed by atoms with Crippen LogP contribution in [0.1, 0.15) is 19.4 Å². The van der Waals surface area contributed by atoms with Crippen LogP contribution in [0.2, 0.25) is 0 Å². The molecule has 1 aromatic carbocycles. The Morgan fingerprint density at radius 3 is 2.75 bits per heavy atom. The van der Waals surface area contributed by atoms with Gasteiger partial charge in [0, 0.05) is 11.6 Å². The fourth-order valence-corrected chi connectivity index (χ4v) is 3.32. The van der Waals surface area contributed by atoms with Crippen LogP contribution in [0.3, 0.4) is 0 Å². The lowest BCUT2D eigenvalue weighted by molar-refractivity contribution is -0.926. The number of ether oxygens (including phenoxy) is 1. The number of aryl methyl sites for hydroxylation is 1. The summed E-state index contributed by atoms with van der Waals surface area (Å²) < 4.78 is 5.90. The molecule has 1 aliphatic heterocycles. The van der Waals surface area contributed by atoms with Crippen LogP contribution in [0.25, 0.3) is 0 Å². The van der Waals surface area contributed by atoms with Crippen molar-refractivity contribution >= 4 is 11.6 Å². The highest BCUT2D eigenvalue weighted by Gasteiger charge is 2.27. The lowest BCUT2D eigenvalue weighted by Crippen LogP contribution is -3.18. The molecule has 2 rings (SSSR count). The summed E-state index contributed by atoms with van der Waals surface area (Å²) in [6.07, 6.45) is 0.250. The molecule has 24 heavy (non-hydrogen) atoms. The number of benzene rings is 1. The van der Waals surface area contributed by atoms with Crippen LogP contribution in [0.5, 0.6) is 0 Å². The van der Waals surface area contributed by atoms with Crippen molar-refractivity contribution in [3.05, 3.63) is 29.8 Å². The van der Waals surface area contributed by atoms with Crippen molar-refractivity contribution in [2.75, 3.05) is 51.7 Å². The fraction of sp³-hybridized carbons (Fsp3) is 0.632. The third-order valence-corrected chi connectivity index (χ3v) is 4.40. The molecule has 1 aromatic rings. The largest absolute Gasteiger partial charge is 0.361 e. The Hall–Kier alpha value is -1.43. The Morgan fingerprint density at radius 2 is 2.08 bits per heavy atom. The van der Waals surface area contributed by atoms with Crippen molar-refractivity contribution in [3.63, 3.8) is 0 Å². The predicted molar refractivity (Wildman–Crippen MR) is 96.6 cm³/mol. The summed E-state index contributed by atoms with van der Waals surface area (Å²) in [4.78, 5) is 15.0. The number of carbonyl (C=O) groups is 1. The molecule has 1 heterocycles. The van der Waals surface area contributed by atoms with Gasteiger partial charge in [-0.2, -0.15) is 0 Å². The number of likely N-dealkylation sites (N-methyl/N-ethyl adjacent to an activating group) is 1. The lowest BCUT2D eigenvalue weighted by atomic mass is 10.1. The molecule has 0 bridgehead atoms. The number of anilines is 1. The quantitative estimate of drug-likeness (QED) is 0.622. The first-order valence-corrected chi connectivity index (χ1v) is 9.05. The average molecular weight is 335 g/mol. The van der Waals surface area contributed by atoms with E-state index in [4.69, 9.17) is 4.74 Å². The molecule has 5 nitrogen and oxygen atoms in total. The SMILES string of the molecule is Cc1ccc(NC(=O)C[NH+](C)C[C@H]2C[NH+](CC(C)C)CCO2)cc1. The van der Waals surface area contributed by atoms with Crippen molar-refractivity contribution in [1.82, 2.24) is 0 Å². The molecular formula is C19H33N3O2+2. The highest BCUT2D eigenvalue weighted by Crippen LogP contribution is 2.07. The Labute approximate surface area is 146 Å². The maximum Gasteiger partial charge on any atom is 0.279 e. The van der Waals surface area contributed by atoms with Gasteiger partial charge in [-0.05, 0) is 19.1 Å². The Morgan fingerprint density at radius 1 is 1.38 bits per heavy atom. The van der Waals surface area contributed by atoms with Gasteiger partial charge in [-0.3, -0.25) is 4.79 Å². The molecule has 5 heteroatoms. The topological polar surface area (TPSA) is 47.2 Å². The van der Waals surface area contributed by atoms with Crippen LogP contribution in [-0.4, -0.2) is 58.4 Å². The van der Waals surface area contributed by atoms with Crippen LogP contribution in [0.4, 0.5) is 5.69 Å². The molecule has 0 radical (unpaired) electrons. The van der Waals surface area contributed by atoms with Crippen LogP contribution >= 0.6 is 0 Å². The van der Waals surface area contributed by atoms with Crippen LogP contribution in [0.15, 0.2) is 24.3 Å². The van der Waals surface area contributed by atoms with E-state index in [1.54, 1.807) is 4.90 Å². The molecule has 1 aliphatic rings. The molecule has 2 unspecified atom stereocenters. The monoisotopic (exact) mass is 335 g/mol. The van der Waals surface area contributed by atoms with E-state index in [0.717, 1.165) is 31.9 Å². The smallest absolute Gasteiger partial charge is 0.279 e. The van der Waals surface area contributed by atoms with Crippen molar-refractivity contribution < 1.29 is 19.3 Å². The summed E-state index contributed by atoms with van der Waals surface area (Å²) in [7, 11) is 2.06. The summed E-state index contributed by atoms with van der Waals surface area (Å²) in [6.45, 7) is 12.1. The van der Waals surface area contributed by atoms with Crippen molar-refractivity contribution in [3.8, 4) is 0 Å². The Kier molecular flexibility index (Phi) is 7.21. The molecular weight excluding hydrogens is 302 g/mol. The van der Waals surface area contributed by atoms with Gasteiger partial charge >= 0.3 is 0 Å². The fourth-order valence-electron chi connectivity index (χ4n) is 3.32. The molecule has 0 aromatic heterocycles. The van der Waals surface area contributed by atoms with E-state index in [1.807, 2.05) is 31.2 Å². The minimum absolute atomic E-state index is 0.0542. The van der Waals surface area contributed by atoms with Crippen LogP contribution < -0.4 is 15.1 Å². The van der Waals surface area contributed by atoms with E-state index in [-0.39, 0.29) is 12.0 Å². The second-order valence-corrected chi connectivity index (χ2v) is 7.55. The molecule has 1 saturated heterocycles. The molecule has 1 fully saturated rings. The summed E-state index contributed by atoms with van der Waals surface area (Å²) in [6, 6.07) is 7.90. The van der Waals surface area contributed by atoms with Gasteiger partial charge in [0.1, 0.15) is 19.6 Å². The molecule has 0 spiro atoms. The summed E-state index contributed by atoms with van der Waals surface area (Å²) in [5.41, 5.74) is 2.05. The van der Waals surface area contributed by atoms with Crippen LogP contribution in [-0.2, 0) is 9.53 Å². The number of amides is 1. The predicted octanol–water partition coefficient (Wildman–Crippen LogP) is -0.612. The van der Waals surface area contributed by atoms with Crippen molar-refractivity contribution in [2.24, 2.45) is 5.92 Å². The van der Waals surface area contributed by atoms with Gasteiger partial charge < -0.3 is 19.9 Å². The van der Waals surface area contributed by atoms with E-state index in [0.29, 0.717) is 12.5 Å². The number of quaternary nitrogens is 2. The number of rotatable bonds is 7. The molecule has 3 N–H and O–H groups in total. The third-order valence-electron chi connectivity index (χ3n) is 4.40. The highest BCUT2D eigenvalue weighted by atomic mass is 16.5. The van der Waals surface area contributed by atoms with Gasteiger partial charge in [0.2, 0.25) is 0 Å². The maximum atomic E-state index is 12.2. The van der Waals surface area contributed by atoms with E-state index in [9.17, 15) is 4.79 Å². The van der Waals surface area contributed by atoms with Gasteiger partial charge in [0.25, 0.3) is 5.91 Å². The zero-order valence-corrected chi connectivity index (χ0v) is 15.5. The van der Waals surface area contributed by atoms with E-state index in [1.165, 1.54) is 17.0 Å². The van der Waals surface area contributed by atoms with Gasteiger partial charge in [0.15, 0.2) is 12.6 Å². The molecule has 0 saturated carbocycles. The molecule has 3 atom stereocenters. The molecule has 1 amide bonds. The first kappa shape index (κ1) is 18.9. The highest BCUT2D eigenvalue weighted by molar-refractivity contribution is 5.91. The van der Waals surface area contributed by atoms with Gasteiger partial charge in [-0.1, -0.05) is 31.5 Å². The number of hydrogen-bond acceptors (Lipinski definition) is 2. The van der Waals surface area contributed by atoms with E-state index >= 15 is 0 Å². The second-order valence-electron chi connectivity index (χ2n) is 7.55. The standard InChI is InChI=1S/C19H31N3O2/c1-15(2)11-22-9-10-24-18(13-22)12-21(4)14-19(23)20-17-7-5-16(3)6-8-17/h5-8,15,18H,9-14H2,1-4H3,(H,20,23)/p+2/t18-/m0/s1. The molecule has 0 aliphatic carbocycles. The normalized spacial score (nSPS) is 22.4. The summed E-state index contributed by atoms with van der Waals surface area (Å²) in [5, 5.41) is 2.97. The first-order valence-electron chi connectivity index (χ1n) is 9.05.